The minimum Gasteiger partial charge on any atom is -0.402 e. The maximum atomic E-state index is 10.9. The van der Waals surface area contributed by atoms with E-state index in [1.54, 1.807) is 6.92 Å². The maximum Gasteiger partial charge on any atom is 0.123 e. The topological polar surface area (TPSA) is 63.3 Å². The van der Waals surface area contributed by atoms with Crippen LogP contribution >= 0.6 is 0 Å². The predicted octanol–water partition coefficient (Wildman–Crippen LogP) is 1.07. The zero-order valence-corrected chi connectivity index (χ0v) is 8.65. The summed E-state index contributed by atoms with van der Waals surface area (Å²) in [5, 5.41) is 9.45. The number of carbonyl (C=O) groups is 1. The summed E-state index contributed by atoms with van der Waals surface area (Å²) in [7, 11) is 0. The monoisotopic (exact) mass is 197 g/mol. The molecule has 0 saturated heterocycles. The molecule has 0 radical (unpaired) electrons. The van der Waals surface area contributed by atoms with Crippen molar-refractivity contribution in [3.05, 3.63) is 12.3 Å². The Morgan fingerprint density at radius 2 is 2.29 bits per heavy atom. The molecule has 14 heavy (non-hydrogen) atoms. The van der Waals surface area contributed by atoms with E-state index < -0.39 is 0 Å². The predicted molar refractivity (Wildman–Crippen MR) is 55.4 cm³/mol. The highest BCUT2D eigenvalue weighted by atomic mass is 16.3. The molecule has 80 valence electrons. The first kappa shape index (κ1) is 11.2. The molecule has 1 rings (SSSR count). The average Bonchev–Trinajstić information content (AvgIpc) is 2.16. The lowest BCUT2D eigenvalue weighted by Gasteiger charge is -2.34. The van der Waals surface area contributed by atoms with Gasteiger partial charge in [0.25, 0.3) is 0 Å². The number of hydrogen-bond donors (Lipinski definition) is 2. The molecular weight excluding hydrogens is 178 g/mol. The van der Waals surface area contributed by atoms with Crippen LogP contribution in [0.25, 0.3) is 0 Å². The van der Waals surface area contributed by atoms with E-state index in [1.165, 1.54) is 0 Å². The van der Waals surface area contributed by atoms with Crippen molar-refractivity contribution in [2.75, 3.05) is 0 Å². The first-order valence-electron chi connectivity index (χ1n) is 5.14. The van der Waals surface area contributed by atoms with Gasteiger partial charge in [0.15, 0.2) is 0 Å². The van der Waals surface area contributed by atoms with Crippen molar-refractivity contribution in [2.45, 2.75) is 32.3 Å². The average molecular weight is 197 g/mol. The largest absolute Gasteiger partial charge is 0.402 e. The van der Waals surface area contributed by atoms with Gasteiger partial charge in [0.1, 0.15) is 6.29 Å². The molecule has 0 spiro atoms. The second kappa shape index (κ2) is 4.60. The molecular formula is C11H19NO2. The van der Waals surface area contributed by atoms with Crippen LogP contribution in [0.15, 0.2) is 12.3 Å². The number of aldehydes is 1. The Hall–Kier alpha value is -0.830. The van der Waals surface area contributed by atoms with Crippen LogP contribution in [0.1, 0.15) is 26.2 Å². The van der Waals surface area contributed by atoms with Gasteiger partial charge in [-0.15, -0.1) is 0 Å². The highest BCUT2D eigenvalue weighted by molar-refractivity contribution is 5.55. The Morgan fingerprint density at radius 3 is 2.71 bits per heavy atom. The normalized spacial score (nSPS) is 34.9. The molecule has 3 heteroatoms. The Labute approximate surface area is 85.0 Å². The number of rotatable bonds is 3. The fourth-order valence-electron chi connectivity index (χ4n) is 2.29. The van der Waals surface area contributed by atoms with E-state index in [-0.39, 0.29) is 23.9 Å². The van der Waals surface area contributed by atoms with Gasteiger partial charge in [-0.25, -0.2) is 0 Å². The van der Waals surface area contributed by atoms with Crippen LogP contribution in [0.3, 0.4) is 0 Å². The van der Waals surface area contributed by atoms with Crippen molar-refractivity contribution >= 4 is 6.29 Å². The highest BCUT2D eigenvalue weighted by Crippen LogP contribution is 2.36. The summed E-state index contributed by atoms with van der Waals surface area (Å²) in [6.45, 7) is 5.49. The Morgan fingerprint density at radius 1 is 1.64 bits per heavy atom. The van der Waals surface area contributed by atoms with Gasteiger partial charge >= 0.3 is 0 Å². The van der Waals surface area contributed by atoms with Crippen molar-refractivity contribution in [1.82, 2.24) is 0 Å². The van der Waals surface area contributed by atoms with E-state index >= 15 is 0 Å². The third kappa shape index (κ3) is 2.35. The number of hydrogen-bond acceptors (Lipinski definition) is 3. The van der Waals surface area contributed by atoms with Gasteiger partial charge in [0.2, 0.25) is 0 Å². The van der Waals surface area contributed by atoms with E-state index in [0.29, 0.717) is 5.70 Å². The SMILES string of the molecule is C=C(N)C1CCC(C(C)O)CC1C=O. The number of aliphatic hydroxyl groups excluding tert-OH is 1. The Bertz CT molecular complexity index is 225. The van der Waals surface area contributed by atoms with E-state index in [1.807, 2.05) is 0 Å². The Balaban J connectivity index is 2.63. The van der Waals surface area contributed by atoms with Crippen LogP contribution in [0.5, 0.6) is 0 Å². The van der Waals surface area contributed by atoms with Gasteiger partial charge in [-0.3, -0.25) is 0 Å². The van der Waals surface area contributed by atoms with Crippen LogP contribution in [0, 0.1) is 17.8 Å². The summed E-state index contributed by atoms with van der Waals surface area (Å²) in [5.74, 6) is 0.296. The summed E-state index contributed by atoms with van der Waals surface area (Å²) in [4.78, 5) is 10.9. The standard InChI is InChI=1S/C11H19NO2/c1-7(12)11-4-3-9(8(2)14)5-10(11)6-13/h6,8-11,14H,1,3-5,12H2,2H3. The summed E-state index contributed by atoms with van der Waals surface area (Å²) >= 11 is 0. The molecule has 3 nitrogen and oxygen atoms in total. The van der Waals surface area contributed by atoms with E-state index in [9.17, 15) is 9.90 Å². The molecule has 3 N–H and O–H groups in total. The molecule has 0 aromatic carbocycles. The number of carbonyl (C=O) groups excluding carboxylic acids is 1. The van der Waals surface area contributed by atoms with Crippen molar-refractivity contribution in [2.24, 2.45) is 23.5 Å². The van der Waals surface area contributed by atoms with Crippen molar-refractivity contribution in [3.8, 4) is 0 Å². The molecule has 0 amide bonds. The molecule has 0 aromatic heterocycles. The van der Waals surface area contributed by atoms with Gasteiger partial charge in [-0.1, -0.05) is 6.58 Å². The number of allylic oxidation sites excluding steroid dienone is 1. The fourth-order valence-corrected chi connectivity index (χ4v) is 2.29. The zero-order chi connectivity index (χ0) is 10.7. The molecule has 1 aliphatic rings. The zero-order valence-electron chi connectivity index (χ0n) is 8.65. The molecule has 4 atom stereocenters. The second-order valence-corrected chi connectivity index (χ2v) is 4.30. The minimum absolute atomic E-state index is 0.0548. The molecule has 0 heterocycles. The van der Waals surface area contributed by atoms with Gasteiger partial charge in [-0.2, -0.15) is 0 Å². The molecule has 1 saturated carbocycles. The fraction of sp³-hybridized carbons (Fsp3) is 0.727. The number of aliphatic hydroxyl groups is 1. The van der Waals surface area contributed by atoms with Crippen molar-refractivity contribution < 1.29 is 9.90 Å². The lowest BCUT2D eigenvalue weighted by molar-refractivity contribution is -0.114. The first-order chi connectivity index (χ1) is 6.56. The van der Waals surface area contributed by atoms with E-state index in [2.05, 4.69) is 6.58 Å². The first-order valence-corrected chi connectivity index (χ1v) is 5.14. The van der Waals surface area contributed by atoms with Gasteiger partial charge in [0, 0.05) is 17.5 Å². The van der Waals surface area contributed by atoms with Gasteiger partial charge in [-0.05, 0) is 32.1 Å². The maximum absolute atomic E-state index is 10.9. The number of nitrogens with two attached hydrogens (primary N) is 1. The molecule has 1 aliphatic carbocycles. The van der Waals surface area contributed by atoms with Gasteiger partial charge in [0.05, 0.1) is 6.10 Å². The summed E-state index contributed by atoms with van der Waals surface area (Å²) in [5.41, 5.74) is 6.24. The van der Waals surface area contributed by atoms with Crippen LogP contribution in [0.2, 0.25) is 0 Å². The third-order valence-corrected chi connectivity index (χ3v) is 3.27. The lowest BCUT2D eigenvalue weighted by Crippen LogP contribution is -2.33. The second-order valence-electron chi connectivity index (χ2n) is 4.30. The molecule has 0 bridgehead atoms. The van der Waals surface area contributed by atoms with Crippen LogP contribution in [-0.4, -0.2) is 17.5 Å². The van der Waals surface area contributed by atoms with E-state index in [4.69, 9.17) is 5.73 Å². The smallest absolute Gasteiger partial charge is 0.123 e. The third-order valence-electron chi connectivity index (χ3n) is 3.27. The van der Waals surface area contributed by atoms with Crippen LogP contribution in [0.4, 0.5) is 0 Å². The summed E-state index contributed by atoms with van der Waals surface area (Å²) in [6, 6.07) is 0. The van der Waals surface area contributed by atoms with Gasteiger partial charge < -0.3 is 15.6 Å². The molecule has 0 aliphatic heterocycles. The quantitative estimate of drug-likeness (QED) is 0.665. The van der Waals surface area contributed by atoms with Crippen molar-refractivity contribution in [3.63, 3.8) is 0 Å². The molecule has 4 unspecified atom stereocenters. The summed E-state index contributed by atoms with van der Waals surface area (Å²) in [6.07, 6.45) is 3.17. The van der Waals surface area contributed by atoms with Crippen LogP contribution < -0.4 is 5.73 Å². The van der Waals surface area contributed by atoms with E-state index in [0.717, 1.165) is 25.5 Å². The summed E-state index contributed by atoms with van der Waals surface area (Å²) < 4.78 is 0. The van der Waals surface area contributed by atoms with Crippen LogP contribution in [-0.2, 0) is 4.79 Å². The van der Waals surface area contributed by atoms with Crippen molar-refractivity contribution in [1.29, 1.82) is 0 Å². The Kier molecular flexibility index (Phi) is 3.69. The minimum atomic E-state index is -0.329. The lowest BCUT2D eigenvalue weighted by atomic mass is 9.72. The molecule has 0 aromatic rings. The molecule has 1 fully saturated rings. The highest BCUT2D eigenvalue weighted by Gasteiger charge is 2.32.